The summed E-state index contributed by atoms with van der Waals surface area (Å²) < 4.78 is 5.97. The smallest absolute Gasteiger partial charge is 0.128 e. The molecule has 0 amide bonds. The monoisotopic (exact) mass is 321 g/mol. The number of nitrogens with two attached hydrogens (primary N) is 1. The van der Waals surface area contributed by atoms with E-state index in [1.165, 1.54) is 0 Å². The van der Waals surface area contributed by atoms with Crippen molar-refractivity contribution in [1.29, 1.82) is 0 Å². The number of rotatable bonds is 6. The SMILES string of the molecule is CC(C)CCOc1ccccc1-c1cc(-c2ccc(N)cc2)n[nH]1. The minimum atomic E-state index is 0.626. The lowest BCUT2D eigenvalue weighted by atomic mass is 10.1. The van der Waals surface area contributed by atoms with Gasteiger partial charge in [-0.1, -0.05) is 38.1 Å². The van der Waals surface area contributed by atoms with Crippen LogP contribution in [0.15, 0.2) is 54.6 Å². The molecular weight excluding hydrogens is 298 g/mol. The van der Waals surface area contributed by atoms with E-state index in [-0.39, 0.29) is 0 Å². The lowest BCUT2D eigenvalue weighted by Crippen LogP contribution is -2.02. The van der Waals surface area contributed by atoms with Gasteiger partial charge in [-0.3, -0.25) is 5.10 Å². The van der Waals surface area contributed by atoms with Gasteiger partial charge in [0.25, 0.3) is 0 Å². The molecule has 4 heteroatoms. The highest BCUT2D eigenvalue weighted by Gasteiger charge is 2.10. The zero-order chi connectivity index (χ0) is 16.9. The van der Waals surface area contributed by atoms with Crippen molar-refractivity contribution in [2.75, 3.05) is 12.3 Å². The van der Waals surface area contributed by atoms with Crippen molar-refractivity contribution in [2.24, 2.45) is 5.92 Å². The van der Waals surface area contributed by atoms with Crippen LogP contribution in [0.4, 0.5) is 5.69 Å². The maximum atomic E-state index is 5.97. The summed E-state index contributed by atoms with van der Waals surface area (Å²) in [5.41, 5.74) is 10.4. The molecule has 0 aliphatic rings. The summed E-state index contributed by atoms with van der Waals surface area (Å²) >= 11 is 0. The van der Waals surface area contributed by atoms with Crippen LogP contribution in [-0.4, -0.2) is 16.8 Å². The molecule has 0 bridgehead atoms. The van der Waals surface area contributed by atoms with Crippen LogP contribution in [0.5, 0.6) is 5.75 Å². The maximum Gasteiger partial charge on any atom is 0.128 e. The van der Waals surface area contributed by atoms with Gasteiger partial charge in [-0.05, 0) is 42.7 Å². The molecule has 0 aliphatic carbocycles. The highest BCUT2D eigenvalue weighted by molar-refractivity contribution is 5.72. The van der Waals surface area contributed by atoms with E-state index in [2.05, 4.69) is 24.0 Å². The van der Waals surface area contributed by atoms with Gasteiger partial charge in [0.15, 0.2) is 0 Å². The predicted molar refractivity (Wildman–Crippen MR) is 98.8 cm³/mol. The average Bonchev–Trinajstić information content (AvgIpc) is 3.05. The summed E-state index contributed by atoms with van der Waals surface area (Å²) in [6.07, 6.45) is 1.04. The average molecular weight is 321 g/mol. The number of hydrogen-bond acceptors (Lipinski definition) is 3. The molecule has 1 heterocycles. The van der Waals surface area contributed by atoms with Crippen LogP contribution in [0.25, 0.3) is 22.5 Å². The first-order valence-electron chi connectivity index (χ1n) is 8.27. The van der Waals surface area contributed by atoms with E-state index in [9.17, 15) is 0 Å². The number of hydrogen-bond donors (Lipinski definition) is 2. The summed E-state index contributed by atoms with van der Waals surface area (Å²) in [4.78, 5) is 0. The van der Waals surface area contributed by atoms with E-state index in [1.807, 2.05) is 54.6 Å². The number of nitrogens with zero attached hydrogens (tertiary/aromatic N) is 1. The fraction of sp³-hybridized carbons (Fsp3) is 0.250. The van der Waals surface area contributed by atoms with Crippen LogP contribution in [0.3, 0.4) is 0 Å². The number of nitrogens with one attached hydrogen (secondary N) is 1. The normalized spacial score (nSPS) is 11.0. The number of aromatic amines is 1. The molecular formula is C20H23N3O. The number of benzene rings is 2. The zero-order valence-electron chi connectivity index (χ0n) is 14.1. The fourth-order valence-corrected chi connectivity index (χ4v) is 2.48. The van der Waals surface area contributed by atoms with Crippen molar-refractivity contribution in [3.05, 3.63) is 54.6 Å². The second-order valence-electron chi connectivity index (χ2n) is 6.32. The number of H-pyrrole nitrogens is 1. The molecule has 3 aromatic rings. The van der Waals surface area contributed by atoms with Gasteiger partial charge in [0.05, 0.1) is 18.0 Å². The van der Waals surface area contributed by atoms with Crippen LogP contribution in [-0.2, 0) is 0 Å². The Morgan fingerprint density at radius 2 is 1.83 bits per heavy atom. The van der Waals surface area contributed by atoms with E-state index in [4.69, 9.17) is 10.5 Å². The van der Waals surface area contributed by atoms with Gasteiger partial charge < -0.3 is 10.5 Å². The van der Waals surface area contributed by atoms with Crippen molar-refractivity contribution >= 4 is 5.69 Å². The van der Waals surface area contributed by atoms with Crippen LogP contribution in [0, 0.1) is 5.92 Å². The van der Waals surface area contributed by atoms with Gasteiger partial charge in [0.2, 0.25) is 0 Å². The summed E-state index contributed by atoms with van der Waals surface area (Å²) in [6.45, 7) is 5.11. The van der Waals surface area contributed by atoms with Crippen molar-refractivity contribution in [3.63, 3.8) is 0 Å². The van der Waals surface area contributed by atoms with Crippen molar-refractivity contribution in [3.8, 4) is 28.3 Å². The molecule has 0 unspecified atom stereocenters. The Labute approximate surface area is 142 Å². The molecule has 0 atom stereocenters. The standard InChI is InChI=1S/C20H23N3O/c1-14(2)11-12-24-20-6-4-3-5-17(20)19-13-18(22-23-19)15-7-9-16(21)10-8-15/h3-10,13-14H,11-12,21H2,1-2H3,(H,22,23). The van der Waals surface area contributed by atoms with Crippen LogP contribution in [0.2, 0.25) is 0 Å². The largest absolute Gasteiger partial charge is 0.493 e. The number of nitrogen functional groups attached to an aromatic ring is 1. The molecule has 3 rings (SSSR count). The van der Waals surface area contributed by atoms with Crippen LogP contribution in [0.1, 0.15) is 20.3 Å². The first-order chi connectivity index (χ1) is 11.6. The molecule has 0 fully saturated rings. The Balaban J connectivity index is 1.83. The van der Waals surface area contributed by atoms with E-state index < -0.39 is 0 Å². The van der Waals surface area contributed by atoms with Gasteiger partial charge >= 0.3 is 0 Å². The molecule has 0 spiro atoms. The van der Waals surface area contributed by atoms with Crippen LogP contribution < -0.4 is 10.5 Å². The fourth-order valence-electron chi connectivity index (χ4n) is 2.48. The molecule has 0 radical (unpaired) electrons. The maximum absolute atomic E-state index is 5.97. The molecule has 124 valence electrons. The van der Waals surface area contributed by atoms with Gasteiger partial charge in [-0.15, -0.1) is 0 Å². The molecule has 0 aliphatic heterocycles. The van der Waals surface area contributed by atoms with Crippen LogP contribution >= 0.6 is 0 Å². The molecule has 0 saturated carbocycles. The zero-order valence-corrected chi connectivity index (χ0v) is 14.1. The van der Waals surface area contributed by atoms with E-state index >= 15 is 0 Å². The molecule has 2 aromatic carbocycles. The van der Waals surface area contributed by atoms with E-state index in [1.54, 1.807) is 0 Å². The second kappa shape index (κ2) is 7.21. The van der Waals surface area contributed by atoms with Crippen molar-refractivity contribution in [1.82, 2.24) is 10.2 Å². The third-order valence-electron chi connectivity index (χ3n) is 3.91. The molecule has 1 aromatic heterocycles. The summed E-state index contributed by atoms with van der Waals surface area (Å²) in [5, 5.41) is 7.53. The Morgan fingerprint density at radius 1 is 1.08 bits per heavy atom. The van der Waals surface area contributed by atoms with Gasteiger partial charge in [0.1, 0.15) is 5.75 Å². The predicted octanol–water partition coefficient (Wildman–Crippen LogP) is 4.75. The topological polar surface area (TPSA) is 63.9 Å². The quantitative estimate of drug-likeness (QED) is 0.644. The Morgan fingerprint density at radius 3 is 2.58 bits per heavy atom. The number of ether oxygens (including phenoxy) is 1. The second-order valence-corrected chi connectivity index (χ2v) is 6.32. The first-order valence-corrected chi connectivity index (χ1v) is 8.27. The number of para-hydroxylation sites is 1. The highest BCUT2D eigenvalue weighted by Crippen LogP contribution is 2.31. The lowest BCUT2D eigenvalue weighted by molar-refractivity contribution is 0.290. The number of aromatic nitrogens is 2. The van der Waals surface area contributed by atoms with Crippen molar-refractivity contribution < 1.29 is 4.74 Å². The minimum absolute atomic E-state index is 0.626. The molecule has 3 N–H and O–H groups in total. The molecule has 24 heavy (non-hydrogen) atoms. The third kappa shape index (κ3) is 3.77. The third-order valence-corrected chi connectivity index (χ3v) is 3.91. The summed E-state index contributed by atoms with van der Waals surface area (Å²) in [5.74, 6) is 1.51. The summed E-state index contributed by atoms with van der Waals surface area (Å²) in [6, 6.07) is 17.8. The van der Waals surface area contributed by atoms with E-state index in [0.29, 0.717) is 12.5 Å². The Hall–Kier alpha value is -2.75. The Bertz CT molecular complexity index is 791. The molecule has 0 saturated heterocycles. The molecule has 4 nitrogen and oxygen atoms in total. The van der Waals surface area contributed by atoms with E-state index in [0.717, 1.165) is 40.4 Å². The Kier molecular flexibility index (Phi) is 4.85. The summed E-state index contributed by atoms with van der Waals surface area (Å²) in [7, 11) is 0. The minimum Gasteiger partial charge on any atom is -0.493 e. The van der Waals surface area contributed by atoms with Gasteiger partial charge in [-0.2, -0.15) is 5.10 Å². The van der Waals surface area contributed by atoms with Crippen molar-refractivity contribution in [2.45, 2.75) is 20.3 Å². The highest BCUT2D eigenvalue weighted by atomic mass is 16.5. The first kappa shape index (κ1) is 16.1. The lowest BCUT2D eigenvalue weighted by Gasteiger charge is -2.11. The number of anilines is 1. The van der Waals surface area contributed by atoms with Gasteiger partial charge in [0, 0.05) is 16.8 Å². The van der Waals surface area contributed by atoms with Gasteiger partial charge in [-0.25, -0.2) is 0 Å².